The van der Waals surface area contributed by atoms with Gasteiger partial charge in [-0.25, -0.2) is 0 Å². The first-order valence-electron chi connectivity index (χ1n) is 5.98. The second kappa shape index (κ2) is 4.70. The summed E-state index contributed by atoms with van der Waals surface area (Å²) in [6.07, 6.45) is 1.58. The summed E-state index contributed by atoms with van der Waals surface area (Å²) in [6, 6.07) is 7.80. The number of nitrogens with zero attached hydrogens (tertiary/aromatic N) is 1. The molecule has 1 amide bonds. The molecule has 0 N–H and O–H groups in total. The molecule has 17 heavy (non-hydrogen) atoms. The van der Waals surface area contributed by atoms with Crippen LogP contribution < -0.4 is 4.90 Å². The van der Waals surface area contributed by atoms with Crippen molar-refractivity contribution in [2.24, 2.45) is 5.92 Å². The average Bonchev–Trinajstić information content (AvgIpc) is 2.30. The van der Waals surface area contributed by atoms with E-state index in [0.29, 0.717) is 13.0 Å². The minimum absolute atomic E-state index is 0.0201. The zero-order chi connectivity index (χ0) is 12.4. The lowest BCUT2D eigenvalue weighted by molar-refractivity contribution is -0.132. The van der Waals surface area contributed by atoms with Gasteiger partial charge in [0.2, 0.25) is 5.91 Å². The summed E-state index contributed by atoms with van der Waals surface area (Å²) in [7, 11) is 0. The third-order valence-electron chi connectivity index (χ3n) is 3.34. The first-order valence-corrected chi connectivity index (χ1v) is 5.98. The summed E-state index contributed by atoms with van der Waals surface area (Å²) in [5, 5.41) is 0. The highest BCUT2D eigenvalue weighted by Crippen LogP contribution is 2.27. The van der Waals surface area contributed by atoms with Crippen molar-refractivity contribution in [1.29, 1.82) is 0 Å². The molecule has 1 fully saturated rings. The highest BCUT2D eigenvalue weighted by molar-refractivity contribution is 6.08. The van der Waals surface area contributed by atoms with Crippen molar-refractivity contribution in [3.63, 3.8) is 0 Å². The molecule has 1 aromatic rings. The molecule has 2 rings (SSSR count). The monoisotopic (exact) mass is 231 g/mol. The summed E-state index contributed by atoms with van der Waals surface area (Å²) < 4.78 is 0. The molecule has 0 radical (unpaired) electrons. The van der Waals surface area contributed by atoms with E-state index in [1.165, 1.54) is 6.92 Å². The van der Waals surface area contributed by atoms with E-state index in [0.717, 1.165) is 17.7 Å². The van der Waals surface area contributed by atoms with Gasteiger partial charge in [0.1, 0.15) is 5.78 Å². The van der Waals surface area contributed by atoms with Crippen molar-refractivity contribution in [1.82, 2.24) is 0 Å². The number of ketones is 1. The summed E-state index contributed by atoms with van der Waals surface area (Å²) in [5.74, 6) is -0.505. The number of rotatable bonds is 2. The van der Waals surface area contributed by atoms with Crippen LogP contribution in [0.2, 0.25) is 0 Å². The number of Topliss-reactive ketones (excluding diaryl/α,β-unsaturated/α-hetero) is 1. The molecule has 0 aromatic heterocycles. The summed E-state index contributed by atoms with van der Waals surface area (Å²) in [4.78, 5) is 25.4. The Morgan fingerprint density at radius 1 is 1.35 bits per heavy atom. The van der Waals surface area contributed by atoms with Gasteiger partial charge in [0.05, 0.1) is 5.92 Å². The van der Waals surface area contributed by atoms with Crippen molar-refractivity contribution < 1.29 is 9.59 Å². The molecular weight excluding hydrogens is 214 g/mol. The van der Waals surface area contributed by atoms with Gasteiger partial charge < -0.3 is 4.90 Å². The van der Waals surface area contributed by atoms with Crippen LogP contribution in [0, 0.1) is 12.8 Å². The van der Waals surface area contributed by atoms with E-state index in [1.807, 2.05) is 31.2 Å². The number of hydrogen-bond donors (Lipinski definition) is 0. The van der Waals surface area contributed by atoms with Crippen LogP contribution >= 0.6 is 0 Å². The number of anilines is 1. The van der Waals surface area contributed by atoms with Crippen LogP contribution in [0.15, 0.2) is 24.3 Å². The molecule has 0 spiro atoms. The second-order valence-electron chi connectivity index (χ2n) is 4.58. The van der Waals surface area contributed by atoms with Gasteiger partial charge in [0.25, 0.3) is 0 Å². The first kappa shape index (κ1) is 11.8. The van der Waals surface area contributed by atoms with Gasteiger partial charge >= 0.3 is 0 Å². The molecule has 1 heterocycles. The minimum atomic E-state index is -0.441. The molecule has 1 atom stereocenters. The van der Waals surface area contributed by atoms with E-state index in [-0.39, 0.29) is 11.7 Å². The molecule has 90 valence electrons. The zero-order valence-electron chi connectivity index (χ0n) is 10.3. The van der Waals surface area contributed by atoms with Crippen LogP contribution in [0.3, 0.4) is 0 Å². The largest absolute Gasteiger partial charge is 0.312 e. The Balaban J connectivity index is 2.30. The smallest absolute Gasteiger partial charge is 0.237 e. The van der Waals surface area contributed by atoms with E-state index >= 15 is 0 Å². The second-order valence-corrected chi connectivity index (χ2v) is 4.58. The zero-order valence-corrected chi connectivity index (χ0v) is 10.3. The maximum absolute atomic E-state index is 12.2. The maximum Gasteiger partial charge on any atom is 0.237 e. The molecule has 3 nitrogen and oxygen atoms in total. The Morgan fingerprint density at radius 3 is 2.71 bits per heavy atom. The van der Waals surface area contributed by atoms with Gasteiger partial charge in [0, 0.05) is 12.2 Å². The van der Waals surface area contributed by atoms with Crippen molar-refractivity contribution in [2.75, 3.05) is 11.4 Å². The van der Waals surface area contributed by atoms with E-state index < -0.39 is 5.92 Å². The Labute approximate surface area is 101 Å². The fraction of sp³-hybridized carbons (Fsp3) is 0.429. The number of aryl methyl sites for hydroxylation is 1. The number of carbonyl (C=O) groups excluding carboxylic acids is 2. The van der Waals surface area contributed by atoms with Gasteiger partial charge in [-0.1, -0.05) is 18.2 Å². The van der Waals surface area contributed by atoms with Gasteiger partial charge in [-0.15, -0.1) is 0 Å². The van der Waals surface area contributed by atoms with Crippen LogP contribution in [0.4, 0.5) is 5.69 Å². The SMILES string of the molecule is CC(=O)C1CCCN(c2ccccc2C)C1=O. The van der Waals surface area contributed by atoms with Crippen molar-refractivity contribution in [3.05, 3.63) is 29.8 Å². The molecule has 1 unspecified atom stereocenters. The number of amides is 1. The van der Waals surface area contributed by atoms with Gasteiger partial charge in [0.15, 0.2) is 0 Å². The van der Waals surface area contributed by atoms with E-state index in [9.17, 15) is 9.59 Å². The predicted molar refractivity (Wildman–Crippen MR) is 66.9 cm³/mol. The van der Waals surface area contributed by atoms with Gasteiger partial charge in [-0.05, 0) is 38.3 Å². The Kier molecular flexibility index (Phi) is 3.27. The molecular formula is C14H17NO2. The lowest BCUT2D eigenvalue weighted by Gasteiger charge is -2.32. The summed E-state index contributed by atoms with van der Waals surface area (Å²) >= 11 is 0. The average molecular weight is 231 g/mol. The van der Waals surface area contributed by atoms with Crippen molar-refractivity contribution in [2.45, 2.75) is 26.7 Å². The van der Waals surface area contributed by atoms with Crippen molar-refractivity contribution in [3.8, 4) is 0 Å². The Bertz CT molecular complexity index is 453. The number of benzene rings is 1. The Hall–Kier alpha value is -1.64. The van der Waals surface area contributed by atoms with E-state index in [4.69, 9.17) is 0 Å². The number of carbonyl (C=O) groups is 2. The molecule has 0 saturated carbocycles. The van der Waals surface area contributed by atoms with Gasteiger partial charge in [-0.2, -0.15) is 0 Å². The standard InChI is InChI=1S/C14H17NO2/c1-10-6-3-4-8-13(10)15-9-5-7-12(11(2)16)14(15)17/h3-4,6,8,12H,5,7,9H2,1-2H3. The van der Waals surface area contributed by atoms with Crippen molar-refractivity contribution >= 4 is 17.4 Å². The van der Waals surface area contributed by atoms with E-state index in [1.54, 1.807) is 4.90 Å². The molecule has 0 bridgehead atoms. The Morgan fingerprint density at radius 2 is 2.06 bits per heavy atom. The molecule has 1 aliphatic rings. The van der Waals surface area contributed by atoms with Gasteiger partial charge in [-0.3, -0.25) is 9.59 Å². The number of para-hydroxylation sites is 1. The maximum atomic E-state index is 12.2. The normalized spacial score (nSPS) is 20.5. The fourth-order valence-corrected chi connectivity index (χ4v) is 2.36. The van der Waals surface area contributed by atoms with Crippen LogP contribution in [0.25, 0.3) is 0 Å². The molecule has 1 aliphatic heterocycles. The lowest BCUT2D eigenvalue weighted by atomic mass is 9.93. The highest BCUT2D eigenvalue weighted by atomic mass is 16.2. The summed E-state index contributed by atoms with van der Waals surface area (Å²) in [5.41, 5.74) is 2.01. The number of hydrogen-bond acceptors (Lipinski definition) is 2. The minimum Gasteiger partial charge on any atom is -0.312 e. The number of piperidine rings is 1. The third-order valence-corrected chi connectivity index (χ3v) is 3.34. The molecule has 1 saturated heterocycles. The molecule has 0 aliphatic carbocycles. The first-order chi connectivity index (χ1) is 8.11. The lowest BCUT2D eigenvalue weighted by Crippen LogP contribution is -2.44. The van der Waals surface area contributed by atoms with Crippen LogP contribution in [-0.4, -0.2) is 18.2 Å². The molecule has 1 aromatic carbocycles. The van der Waals surface area contributed by atoms with E-state index in [2.05, 4.69) is 0 Å². The summed E-state index contributed by atoms with van der Waals surface area (Å²) in [6.45, 7) is 4.21. The van der Waals surface area contributed by atoms with Crippen LogP contribution in [-0.2, 0) is 9.59 Å². The topological polar surface area (TPSA) is 37.4 Å². The molecule has 3 heteroatoms. The third kappa shape index (κ3) is 2.23. The van der Waals surface area contributed by atoms with Crippen LogP contribution in [0.5, 0.6) is 0 Å². The fourth-order valence-electron chi connectivity index (χ4n) is 2.36. The quantitative estimate of drug-likeness (QED) is 0.732. The van der Waals surface area contributed by atoms with Crippen LogP contribution in [0.1, 0.15) is 25.3 Å². The predicted octanol–water partition coefficient (Wildman–Crippen LogP) is 2.33. The highest BCUT2D eigenvalue weighted by Gasteiger charge is 2.32.